The molecule has 5 atom stereocenters. The van der Waals surface area contributed by atoms with Crippen molar-refractivity contribution in [2.75, 3.05) is 7.11 Å². The number of rotatable bonds is 3. The van der Waals surface area contributed by atoms with E-state index in [1.807, 2.05) is 12.1 Å². The predicted molar refractivity (Wildman–Crippen MR) is 109 cm³/mol. The Morgan fingerprint density at radius 1 is 1.00 bits per heavy atom. The van der Waals surface area contributed by atoms with E-state index in [0.29, 0.717) is 34.3 Å². The summed E-state index contributed by atoms with van der Waals surface area (Å²) in [6.07, 6.45) is 2.56. The van der Waals surface area contributed by atoms with Crippen LogP contribution in [0.1, 0.15) is 72.8 Å². The van der Waals surface area contributed by atoms with Gasteiger partial charge >= 0.3 is 5.97 Å². The number of benzene rings is 1. The lowest BCUT2D eigenvalue weighted by Gasteiger charge is -2.48. The van der Waals surface area contributed by atoms with Crippen LogP contribution < -0.4 is 9.47 Å². The lowest BCUT2D eigenvalue weighted by atomic mass is 9.56. The highest BCUT2D eigenvalue weighted by atomic mass is 16.5. The Morgan fingerprint density at radius 2 is 1.63 bits per heavy atom. The molecule has 0 aromatic heterocycles. The average molecular weight is 373 g/mol. The van der Waals surface area contributed by atoms with Crippen LogP contribution in [0, 0.1) is 34.5 Å². The van der Waals surface area contributed by atoms with Crippen LogP contribution in [0.3, 0.4) is 0 Å². The SMILES string of the molecule is COc1cc(OC(C)=O)ccc1C1CC2CC1C(C(C)(C)C)C2C(C)(C)C. The van der Waals surface area contributed by atoms with Gasteiger partial charge in [-0.3, -0.25) is 4.79 Å². The summed E-state index contributed by atoms with van der Waals surface area (Å²) in [5.41, 5.74) is 1.91. The third kappa shape index (κ3) is 3.75. The smallest absolute Gasteiger partial charge is 0.308 e. The zero-order valence-corrected chi connectivity index (χ0v) is 18.3. The van der Waals surface area contributed by atoms with Gasteiger partial charge in [0.2, 0.25) is 0 Å². The molecule has 150 valence electrons. The molecule has 0 aliphatic heterocycles. The third-order valence-corrected chi connectivity index (χ3v) is 6.87. The van der Waals surface area contributed by atoms with Crippen LogP contribution in [0.15, 0.2) is 18.2 Å². The van der Waals surface area contributed by atoms with Crippen LogP contribution >= 0.6 is 0 Å². The van der Waals surface area contributed by atoms with E-state index >= 15 is 0 Å². The summed E-state index contributed by atoms with van der Waals surface area (Å²) in [5.74, 6) is 4.58. The summed E-state index contributed by atoms with van der Waals surface area (Å²) >= 11 is 0. The van der Waals surface area contributed by atoms with Gasteiger partial charge in [-0.15, -0.1) is 0 Å². The molecule has 5 unspecified atom stereocenters. The van der Waals surface area contributed by atoms with E-state index in [1.54, 1.807) is 7.11 Å². The highest BCUT2D eigenvalue weighted by Crippen LogP contribution is 2.67. The minimum atomic E-state index is -0.300. The minimum Gasteiger partial charge on any atom is -0.496 e. The summed E-state index contributed by atoms with van der Waals surface area (Å²) in [6.45, 7) is 15.9. The number of carbonyl (C=O) groups excluding carboxylic acids is 1. The monoisotopic (exact) mass is 372 g/mol. The Balaban J connectivity index is 1.95. The van der Waals surface area contributed by atoms with Gasteiger partial charge in [-0.25, -0.2) is 0 Å². The lowest BCUT2D eigenvalue weighted by Crippen LogP contribution is -2.42. The Bertz CT molecular complexity index is 707. The van der Waals surface area contributed by atoms with Crippen molar-refractivity contribution in [2.45, 2.75) is 67.2 Å². The molecular formula is C24H36O3. The zero-order chi connectivity index (χ0) is 20.1. The highest BCUT2D eigenvalue weighted by Gasteiger charge is 2.59. The van der Waals surface area contributed by atoms with Gasteiger partial charge in [0, 0.05) is 13.0 Å². The van der Waals surface area contributed by atoms with Crippen molar-refractivity contribution in [3.8, 4) is 11.5 Å². The fourth-order valence-electron chi connectivity index (χ4n) is 6.37. The molecule has 2 aliphatic rings. The van der Waals surface area contributed by atoms with Crippen LogP contribution in [0.4, 0.5) is 0 Å². The average Bonchev–Trinajstić information content (AvgIpc) is 3.11. The van der Waals surface area contributed by atoms with E-state index in [9.17, 15) is 4.79 Å². The summed E-state index contributed by atoms with van der Waals surface area (Å²) in [4.78, 5) is 11.3. The van der Waals surface area contributed by atoms with Crippen LogP contribution in [0.2, 0.25) is 0 Å². The van der Waals surface area contributed by atoms with E-state index in [-0.39, 0.29) is 5.97 Å². The van der Waals surface area contributed by atoms with Gasteiger partial charge in [-0.1, -0.05) is 47.6 Å². The molecule has 2 bridgehead atoms. The Morgan fingerprint density at radius 3 is 2.15 bits per heavy atom. The van der Waals surface area contributed by atoms with Gasteiger partial charge in [-0.2, -0.15) is 0 Å². The molecule has 3 nitrogen and oxygen atoms in total. The van der Waals surface area contributed by atoms with Gasteiger partial charge in [0.25, 0.3) is 0 Å². The second kappa shape index (κ2) is 6.83. The van der Waals surface area contributed by atoms with Gasteiger partial charge in [-0.05, 0) is 64.9 Å². The van der Waals surface area contributed by atoms with Gasteiger partial charge in [0.05, 0.1) is 7.11 Å². The maximum Gasteiger partial charge on any atom is 0.308 e. The number of esters is 1. The first-order valence-electron chi connectivity index (χ1n) is 10.3. The molecule has 0 radical (unpaired) electrons. The number of hydrogen-bond acceptors (Lipinski definition) is 3. The topological polar surface area (TPSA) is 35.5 Å². The van der Waals surface area contributed by atoms with Crippen LogP contribution in [-0.4, -0.2) is 13.1 Å². The fraction of sp³-hybridized carbons (Fsp3) is 0.708. The standard InChI is InChI=1S/C24H36O3/c1-14(25)27-16-9-10-17(20(13-16)26-8)18-11-15-12-19(18)22(24(5,6)7)21(15)23(2,3)4/h9-10,13,15,18-19,21-22H,11-12H2,1-8H3. The predicted octanol–water partition coefficient (Wildman–Crippen LogP) is 6.07. The number of carbonyl (C=O) groups is 1. The number of methoxy groups -OCH3 is 1. The molecule has 0 heterocycles. The second-order valence-corrected chi connectivity index (χ2v) is 10.8. The normalized spacial score (nSPS) is 30.4. The maximum absolute atomic E-state index is 11.3. The fourth-order valence-corrected chi connectivity index (χ4v) is 6.37. The first-order valence-corrected chi connectivity index (χ1v) is 10.3. The molecular weight excluding hydrogens is 336 g/mol. The molecule has 0 N–H and O–H groups in total. The summed E-state index contributed by atoms with van der Waals surface area (Å²) < 4.78 is 11.0. The molecule has 1 aromatic rings. The van der Waals surface area contributed by atoms with Crippen LogP contribution in [-0.2, 0) is 4.79 Å². The van der Waals surface area contributed by atoms with Crippen molar-refractivity contribution in [3.63, 3.8) is 0 Å². The van der Waals surface area contributed by atoms with E-state index in [0.717, 1.165) is 17.6 Å². The quantitative estimate of drug-likeness (QED) is 0.477. The maximum atomic E-state index is 11.3. The van der Waals surface area contributed by atoms with Gasteiger partial charge < -0.3 is 9.47 Å². The van der Waals surface area contributed by atoms with E-state index in [1.165, 1.54) is 25.3 Å². The molecule has 3 heteroatoms. The number of hydrogen-bond donors (Lipinski definition) is 0. The Kier molecular flexibility index (Phi) is 5.12. The van der Waals surface area contributed by atoms with E-state index in [4.69, 9.17) is 9.47 Å². The van der Waals surface area contributed by atoms with Crippen molar-refractivity contribution >= 4 is 5.97 Å². The summed E-state index contributed by atoms with van der Waals surface area (Å²) in [6, 6.07) is 5.91. The molecule has 2 saturated carbocycles. The molecule has 2 fully saturated rings. The molecule has 1 aromatic carbocycles. The van der Waals surface area contributed by atoms with Crippen LogP contribution in [0.25, 0.3) is 0 Å². The number of fused-ring (bicyclic) bond motifs is 2. The molecule has 3 rings (SSSR count). The largest absolute Gasteiger partial charge is 0.496 e. The second-order valence-electron chi connectivity index (χ2n) is 10.8. The first kappa shape index (κ1) is 20.2. The molecule has 0 saturated heterocycles. The first-order chi connectivity index (χ1) is 12.4. The van der Waals surface area contributed by atoms with Crippen molar-refractivity contribution in [1.82, 2.24) is 0 Å². The van der Waals surface area contributed by atoms with E-state index < -0.39 is 0 Å². The van der Waals surface area contributed by atoms with Crippen molar-refractivity contribution in [3.05, 3.63) is 23.8 Å². The Hall–Kier alpha value is -1.51. The van der Waals surface area contributed by atoms with Crippen molar-refractivity contribution in [1.29, 1.82) is 0 Å². The minimum absolute atomic E-state index is 0.293. The Labute approximate surface area is 164 Å². The van der Waals surface area contributed by atoms with E-state index in [2.05, 4.69) is 47.6 Å². The van der Waals surface area contributed by atoms with Crippen molar-refractivity contribution < 1.29 is 14.3 Å². The molecule has 0 spiro atoms. The van der Waals surface area contributed by atoms with Crippen LogP contribution in [0.5, 0.6) is 11.5 Å². The lowest BCUT2D eigenvalue weighted by molar-refractivity contribution is -0.131. The molecule has 2 aliphatic carbocycles. The highest BCUT2D eigenvalue weighted by molar-refractivity contribution is 5.69. The summed E-state index contributed by atoms with van der Waals surface area (Å²) in [7, 11) is 1.71. The molecule has 27 heavy (non-hydrogen) atoms. The van der Waals surface area contributed by atoms with Gasteiger partial charge in [0.1, 0.15) is 11.5 Å². The van der Waals surface area contributed by atoms with Gasteiger partial charge in [0.15, 0.2) is 0 Å². The third-order valence-electron chi connectivity index (χ3n) is 6.87. The van der Waals surface area contributed by atoms with Crippen molar-refractivity contribution in [2.24, 2.45) is 34.5 Å². The summed E-state index contributed by atoms with van der Waals surface area (Å²) in [5, 5.41) is 0. The zero-order valence-electron chi connectivity index (χ0n) is 18.3. The number of ether oxygens (including phenoxy) is 2. The molecule has 0 amide bonds.